The smallest absolute Gasteiger partial charge is 0.304 e. The van der Waals surface area contributed by atoms with Gasteiger partial charge in [0, 0.05) is 6.54 Å². The lowest BCUT2D eigenvalue weighted by Crippen LogP contribution is -2.28. The fourth-order valence-electron chi connectivity index (χ4n) is 1.96. The summed E-state index contributed by atoms with van der Waals surface area (Å²) < 4.78 is 0. The zero-order valence-electron chi connectivity index (χ0n) is 9.25. The van der Waals surface area contributed by atoms with Crippen LogP contribution in [0.3, 0.4) is 0 Å². The summed E-state index contributed by atoms with van der Waals surface area (Å²) in [5.74, 6) is -0.687. The molecule has 0 spiro atoms. The summed E-state index contributed by atoms with van der Waals surface area (Å²) in [7, 11) is 0. The van der Waals surface area contributed by atoms with Gasteiger partial charge in [0.15, 0.2) is 0 Å². The number of hydrogen-bond acceptors (Lipinski definition) is 2. The van der Waals surface area contributed by atoms with Crippen LogP contribution >= 0.6 is 0 Å². The SMILES string of the molecule is CC1(C)CCCN(CCC(=O)O)CC1. The molecule has 0 amide bonds. The van der Waals surface area contributed by atoms with Gasteiger partial charge in [-0.05, 0) is 37.8 Å². The summed E-state index contributed by atoms with van der Waals surface area (Å²) in [5, 5.41) is 8.59. The van der Waals surface area contributed by atoms with Gasteiger partial charge < -0.3 is 10.0 Å². The minimum atomic E-state index is -0.687. The van der Waals surface area contributed by atoms with Crippen molar-refractivity contribution in [2.75, 3.05) is 19.6 Å². The average Bonchev–Trinajstić information content (AvgIpc) is 2.23. The number of carboxylic acid groups (broad SMARTS) is 1. The molecule has 1 heterocycles. The molecule has 0 bridgehead atoms. The molecule has 0 atom stereocenters. The van der Waals surface area contributed by atoms with Crippen LogP contribution in [0, 0.1) is 5.41 Å². The van der Waals surface area contributed by atoms with Crippen LogP contribution < -0.4 is 0 Å². The monoisotopic (exact) mass is 199 g/mol. The second kappa shape index (κ2) is 4.78. The molecular formula is C11H21NO2. The molecule has 0 saturated carbocycles. The van der Waals surface area contributed by atoms with Crippen molar-refractivity contribution in [1.29, 1.82) is 0 Å². The Hall–Kier alpha value is -0.570. The summed E-state index contributed by atoms with van der Waals surface area (Å²) in [6.45, 7) is 7.43. The number of carbonyl (C=O) groups is 1. The summed E-state index contributed by atoms with van der Waals surface area (Å²) in [5.41, 5.74) is 0.442. The van der Waals surface area contributed by atoms with Gasteiger partial charge in [-0.15, -0.1) is 0 Å². The first-order valence-corrected chi connectivity index (χ1v) is 5.44. The third kappa shape index (κ3) is 4.09. The van der Waals surface area contributed by atoms with Crippen molar-refractivity contribution in [1.82, 2.24) is 4.90 Å². The number of aliphatic carboxylic acids is 1. The first-order chi connectivity index (χ1) is 6.49. The van der Waals surface area contributed by atoms with E-state index in [1.807, 2.05) is 0 Å². The molecule has 1 aliphatic rings. The third-order valence-electron chi connectivity index (χ3n) is 3.07. The van der Waals surface area contributed by atoms with E-state index in [2.05, 4.69) is 18.7 Å². The van der Waals surface area contributed by atoms with E-state index in [-0.39, 0.29) is 6.42 Å². The molecule has 82 valence electrons. The summed E-state index contributed by atoms with van der Waals surface area (Å²) in [4.78, 5) is 12.7. The Morgan fingerprint density at radius 3 is 2.71 bits per heavy atom. The highest BCUT2D eigenvalue weighted by Crippen LogP contribution is 2.29. The molecule has 1 N–H and O–H groups in total. The van der Waals surface area contributed by atoms with Crippen molar-refractivity contribution in [3.05, 3.63) is 0 Å². The fourth-order valence-corrected chi connectivity index (χ4v) is 1.96. The van der Waals surface area contributed by atoms with E-state index in [4.69, 9.17) is 5.11 Å². The largest absolute Gasteiger partial charge is 0.481 e. The molecular weight excluding hydrogens is 178 g/mol. The highest BCUT2D eigenvalue weighted by atomic mass is 16.4. The first-order valence-electron chi connectivity index (χ1n) is 5.44. The standard InChI is InChI=1S/C11H21NO2/c1-11(2)5-3-7-12(9-6-11)8-4-10(13)14/h3-9H2,1-2H3,(H,13,14). The number of rotatable bonds is 3. The van der Waals surface area contributed by atoms with E-state index in [1.54, 1.807) is 0 Å². The summed E-state index contributed by atoms with van der Waals surface area (Å²) in [6, 6.07) is 0. The van der Waals surface area contributed by atoms with Crippen LogP contribution in [0.2, 0.25) is 0 Å². The molecule has 1 aliphatic heterocycles. The Balaban J connectivity index is 2.31. The molecule has 14 heavy (non-hydrogen) atoms. The Morgan fingerprint density at radius 1 is 1.36 bits per heavy atom. The van der Waals surface area contributed by atoms with Crippen LogP contribution in [0.15, 0.2) is 0 Å². The molecule has 3 heteroatoms. The number of likely N-dealkylation sites (tertiary alicyclic amines) is 1. The molecule has 0 aromatic rings. The van der Waals surface area contributed by atoms with Gasteiger partial charge in [0.05, 0.1) is 6.42 Å². The van der Waals surface area contributed by atoms with Gasteiger partial charge in [-0.25, -0.2) is 0 Å². The molecule has 0 aromatic carbocycles. The van der Waals surface area contributed by atoms with Crippen molar-refractivity contribution in [2.45, 2.75) is 39.5 Å². The predicted octanol–water partition coefficient (Wildman–Crippen LogP) is 1.97. The van der Waals surface area contributed by atoms with Gasteiger partial charge in [-0.1, -0.05) is 13.8 Å². The normalized spacial score (nSPS) is 23.0. The Bertz CT molecular complexity index is 201. The van der Waals surface area contributed by atoms with Crippen molar-refractivity contribution in [3.63, 3.8) is 0 Å². The molecule has 0 unspecified atom stereocenters. The van der Waals surface area contributed by atoms with E-state index in [0.29, 0.717) is 12.0 Å². The minimum absolute atomic E-state index is 0.278. The Morgan fingerprint density at radius 2 is 2.07 bits per heavy atom. The van der Waals surface area contributed by atoms with Crippen LogP contribution in [0.4, 0.5) is 0 Å². The lowest BCUT2D eigenvalue weighted by Gasteiger charge is -2.22. The topological polar surface area (TPSA) is 40.5 Å². The molecule has 1 fully saturated rings. The number of carboxylic acids is 1. The summed E-state index contributed by atoms with van der Waals surface area (Å²) in [6.07, 6.45) is 3.93. The first kappa shape index (κ1) is 11.5. The third-order valence-corrected chi connectivity index (χ3v) is 3.07. The molecule has 1 saturated heterocycles. The quantitative estimate of drug-likeness (QED) is 0.755. The van der Waals surface area contributed by atoms with Crippen LogP contribution in [0.25, 0.3) is 0 Å². The molecule has 3 nitrogen and oxygen atoms in total. The lowest BCUT2D eigenvalue weighted by atomic mass is 9.85. The van der Waals surface area contributed by atoms with Gasteiger partial charge in [-0.3, -0.25) is 4.79 Å². The number of hydrogen-bond donors (Lipinski definition) is 1. The Labute approximate surface area is 86.1 Å². The van der Waals surface area contributed by atoms with E-state index < -0.39 is 5.97 Å². The van der Waals surface area contributed by atoms with E-state index in [1.165, 1.54) is 19.3 Å². The van der Waals surface area contributed by atoms with Crippen molar-refractivity contribution >= 4 is 5.97 Å². The van der Waals surface area contributed by atoms with Gasteiger partial charge in [0.2, 0.25) is 0 Å². The van der Waals surface area contributed by atoms with E-state index in [0.717, 1.165) is 13.1 Å². The van der Waals surface area contributed by atoms with Gasteiger partial charge >= 0.3 is 5.97 Å². The van der Waals surface area contributed by atoms with Crippen molar-refractivity contribution in [3.8, 4) is 0 Å². The minimum Gasteiger partial charge on any atom is -0.481 e. The second-order valence-corrected chi connectivity index (χ2v) is 5.00. The lowest BCUT2D eigenvalue weighted by molar-refractivity contribution is -0.137. The fraction of sp³-hybridized carbons (Fsp3) is 0.909. The molecule has 0 radical (unpaired) electrons. The van der Waals surface area contributed by atoms with Gasteiger partial charge in [0.1, 0.15) is 0 Å². The highest BCUT2D eigenvalue weighted by Gasteiger charge is 2.22. The molecule has 1 rings (SSSR count). The molecule has 0 aromatic heterocycles. The molecule has 0 aliphatic carbocycles. The maximum atomic E-state index is 10.4. The maximum Gasteiger partial charge on any atom is 0.304 e. The number of nitrogens with zero attached hydrogens (tertiary/aromatic N) is 1. The predicted molar refractivity (Wildman–Crippen MR) is 56.3 cm³/mol. The van der Waals surface area contributed by atoms with Crippen LogP contribution in [-0.4, -0.2) is 35.6 Å². The average molecular weight is 199 g/mol. The van der Waals surface area contributed by atoms with Crippen LogP contribution in [-0.2, 0) is 4.79 Å². The van der Waals surface area contributed by atoms with Crippen molar-refractivity contribution < 1.29 is 9.90 Å². The van der Waals surface area contributed by atoms with E-state index >= 15 is 0 Å². The van der Waals surface area contributed by atoms with Crippen LogP contribution in [0.1, 0.15) is 39.5 Å². The highest BCUT2D eigenvalue weighted by molar-refractivity contribution is 5.66. The maximum absolute atomic E-state index is 10.4. The summed E-state index contributed by atoms with van der Waals surface area (Å²) >= 11 is 0. The Kier molecular flexibility index (Phi) is 3.93. The van der Waals surface area contributed by atoms with Crippen LogP contribution in [0.5, 0.6) is 0 Å². The van der Waals surface area contributed by atoms with Crippen molar-refractivity contribution in [2.24, 2.45) is 5.41 Å². The second-order valence-electron chi connectivity index (χ2n) is 5.00. The van der Waals surface area contributed by atoms with E-state index in [9.17, 15) is 4.79 Å². The van der Waals surface area contributed by atoms with Gasteiger partial charge in [-0.2, -0.15) is 0 Å². The van der Waals surface area contributed by atoms with Gasteiger partial charge in [0.25, 0.3) is 0 Å². The zero-order chi connectivity index (χ0) is 10.6. The zero-order valence-corrected chi connectivity index (χ0v) is 9.25.